The van der Waals surface area contributed by atoms with E-state index in [-0.39, 0.29) is 23.6 Å². The molecule has 28 heavy (non-hydrogen) atoms. The van der Waals surface area contributed by atoms with Gasteiger partial charge in [-0.15, -0.1) is 5.10 Å². The molecule has 1 heterocycles. The normalized spacial score (nSPS) is 10.0. The van der Waals surface area contributed by atoms with E-state index in [1.165, 1.54) is 47.3 Å². The van der Waals surface area contributed by atoms with E-state index >= 15 is 0 Å². The van der Waals surface area contributed by atoms with Crippen molar-refractivity contribution in [2.45, 2.75) is 6.54 Å². The van der Waals surface area contributed by atoms with Crippen molar-refractivity contribution < 1.29 is 14.6 Å². The minimum absolute atomic E-state index is 0.0141. The summed E-state index contributed by atoms with van der Waals surface area (Å²) in [6.45, 7) is 0.286. The minimum Gasteiger partial charge on any atom is -0.277 e. The smallest absolute Gasteiger partial charge is 0.269 e. The zero-order chi connectivity index (χ0) is 20.1. The van der Waals surface area contributed by atoms with Crippen LogP contribution in [0.25, 0.3) is 0 Å². The Balaban J connectivity index is 1.67. The Bertz CT molecular complexity index is 1110. The maximum Gasteiger partial charge on any atom is 0.269 e. The highest BCUT2D eigenvalue weighted by Crippen LogP contribution is 2.13. The second-order valence-corrected chi connectivity index (χ2v) is 5.61. The van der Waals surface area contributed by atoms with Crippen LogP contribution in [0.2, 0.25) is 0 Å². The summed E-state index contributed by atoms with van der Waals surface area (Å²) >= 11 is 0. The fourth-order valence-electron chi connectivity index (χ4n) is 2.25. The van der Waals surface area contributed by atoms with E-state index in [1.807, 2.05) is 0 Å². The van der Waals surface area contributed by atoms with Crippen molar-refractivity contribution in [3.63, 3.8) is 0 Å². The predicted molar refractivity (Wildman–Crippen MR) is 96.5 cm³/mol. The lowest BCUT2D eigenvalue weighted by atomic mass is 10.2. The second kappa shape index (κ2) is 7.88. The van der Waals surface area contributed by atoms with E-state index < -0.39 is 15.6 Å². The van der Waals surface area contributed by atoms with Crippen molar-refractivity contribution in [2.24, 2.45) is 0 Å². The first-order valence-corrected chi connectivity index (χ1v) is 7.86. The highest BCUT2D eigenvalue weighted by molar-refractivity contribution is 6.07. The van der Waals surface area contributed by atoms with Crippen molar-refractivity contribution in [3.05, 3.63) is 91.8 Å². The van der Waals surface area contributed by atoms with Crippen LogP contribution in [-0.2, 0) is 6.54 Å². The number of carbonyl (C=O) groups excluding carboxylic acids is 1. The topological polar surface area (TPSA) is 134 Å². The van der Waals surface area contributed by atoms with E-state index in [9.17, 15) is 25.0 Å². The van der Waals surface area contributed by atoms with E-state index in [1.54, 1.807) is 12.1 Å². The third-order valence-corrected chi connectivity index (χ3v) is 3.66. The van der Waals surface area contributed by atoms with Crippen LogP contribution in [0.15, 0.2) is 54.7 Å². The van der Waals surface area contributed by atoms with Gasteiger partial charge < -0.3 is 0 Å². The summed E-state index contributed by atoms with van der Waals surface area (Å²) in [5.41, 5.74) is 1.19. The van der Waals surface area contributed by atoms with E-state index in [0.29, 0.717) is 5.56 Å². The summed E-state index contributed by atoms with van der Waals surface area (Å²) in [6, 6.07) is 11.4. The highest BCUT2D eigenvalue weighted by atomic mass is 16.6. The molecular formula is C18H11N5O5. The molecule has 0 radical (unpaired) electrons. The van der Waals surface area contributed by atoms with Gasteiger partial charge in [-0.2, -0.15) is 0 Å². The number of hydrogen-bond acceptors (Lipinski definition) is 7. The van der Waals surface area contributed by atoms with Crippen LogP contribution in [0.3, 0.4) is 0 Å². The Labute approximate surface area is 157 Å². The van der Waals surface area contributed by atoms with Crippen molar-refractivity contribution in [1.29, 1.82) is 0 Å². The minimum atomic E-state index is -0.548. The summed E-state index contributed by atoms with van der Waals surface area (Å²) < 4.78 is 1.42. The van der Waals surface area contributed by atoms with Gasteiger partial charge in [0.2, 0.25) is 0 Å². The summed E-state index contributed by atoms with van der Waals surface area (Å²) in [5, 5.41) is 28.9. The van der Waals surface area contributed by atoms with Crippen LogP contribution in [-0.4, -0.2) is 30.6 Å². The Morgan fingerprint density at radius 1 is 0.964 bits per heavy atom. The molecule has 0 aliphatic carbocycles. The van der Waals surface area contributed by atoms with Gasteiger partial charge in [0.05, 0.1) is 22.6 Å². The zero-order valence-electron chi connectivity index (χ0n) is 14.2. The number of nitro groups is 2. The Morgan fingerprint density at radius 2 is 1.54 bits per heavy atom. The fourth-order valence-corrected chi connectivity index (χ4v) is 2.25. The van der Waals surface area contributed by atoms with Gasteiger partial charge >= 0.3 is 0 Å². The Morgan fingerprint density at radius 3 is 2.11 bits per heavy atom. The third-order valence-electron chi connectivity index (χ3n) is 3.66. The molecule has 3 aromatic rings. The number of hydrogen-bond donors (Lipinski definition) is 0. The molecule has 0 unspecified atom stereocenters. The summed E-state index contributed by atoms with van der Waals surface area (Å²) in [5.74, 6) is 4.49. The van der Waals surface area contributed by atoms with Crippen LogP contribution in [0.4, 0.5) is 11.4 Å². The number of Topliss-reactive ketones (excluding diaryl/α,β-unsaturated/α-hetero) is 1. The molecule has 3 rings (SSSR count). The summed E-state index contributed by atoms with van der Waals surface area (Å²) in [7, 11) is 0. The number of carbonyl (C=O) groups is 1. The SMILES string of the molecule is O=C(C#Cc1ccc([N+](=O)[O-])cc1)c1cn(Cc2ccc([N+](=O)[O-])cc2)nn1. The van der Waals surface area contributed by atoms with E-state index in [4.69, 9.17) is 0 Å². The van der Waals surface area contributed by atoms with Gasteiger partial charge in [0, 0.05) is 29.8 Å². The largest absolute Gasteiger partial charge is 0.277 e. The monoisotopic (exact) mass is 377 g/mol. The van der Waals surface area contributed by atoms with Crippen molar-refractivity contribution in [2.75, 3.05) is 0 Å². The fraction of sp³-hybridized carbons (Fsp3) is 0.0556. The molecule has 138 valence electrons. The second-order valence-electron chi connectivity index (χ2n) is 5.61. The number of nitrogens with zero attached hydrogens (tertiary/aromatic N) is 5. The molecule has 0 aliphatic heterocycles. The Kier molecular flexibility index (Phi) is 5.18. The molecule has 0 spiro atoms. The quantitative estimate of drug-likeness (QED) is 0.288. The Hall–Kier alpha value is -4.39. The van der Waals surface area contributed by atoms with Gasteiger partial charge in [0.1, 0.15) is 0 Å². The molecule has 0 atom stereocenters. The van der Waals surface area contributed by atoms with E-state index in [0.717, 1.165) is 5.56 Å². The number of rotatable bonds is 5. The number of nitro benzene ring substituents is 2. The molecule has 0 saturated heterocycles. The maximum atomic E-state index is 12.1. The van der Waals surface area contributed by atoms with Crippen molar-refractivity contribution >= 4 is 17.2 Å². The first-order valence-electron chi connectivity index (χ1n) is 7.86. The molecule has 0 N–H and O–H groups in total. The van der Waals surface area contributed by atoms with Crippen LogP contribution in [0, 0.1) is 32.1 Å². The first-order chi connectivity index (χ1) is 13.4. The molecule has 0 aliphatic rings. The number of non-ortho nitro benzene ring substituents is 2. The lowest BCUT2D eigenvalue weighted by molar-refractivity contribution is -0.385. The molecule has 2 aromatic carbocycles. The van der Waals surface area contributed by atoms with Crippen LogP contribution >= 0.6 is 0 Å². The van der Waals surface area contributed by atoms with Crippen LogP contribution < -0.4 is 0 Å². The molecule has 0 bridgehead atoms. The van der Waals surface area contributed by atoms with Gasteiger partial charge in [-0.25, -0.2) is 4.68 Å². The van der Waals surface area contributed by atoms with Crippen LogP contribution in [0.5, 0.6) is 0 Å². The van der Waals surface area contributed by atoms with E-state index in [2.05, 4.69) is 22.2 Å². The first kappa shape index (κ1) is 18.4. The summed E-state index contributed by atoms with van der Waals surface area (Å²) in [4.78, 5) is 32.4. The standard InChI is InChI=1S/C18H11N5O5/c24-18(10-5-13-1-6-15(7-2-13)22(25)26)17-12-21(20-19-17)11-14-3-8-16(9-4-14)23(27)28/h1-4,6-9,12H,11H2. The molecular weight excluding hydrogens is 366 g/mol. The number of ketones is 1. The van der Waals surface area contributed by atoms with Gasteiger partial charge in [-0.1, -0.05) is 23.3 Å². The number of aromatic nitrogens is 3. The lowest BCUT2D eigenvalue weighted by Gasteiger charge is -2.00. The highest BCUT2D eigenvalue weighted by Gasteiger charge is 2.10. The lowest BCUT2D eigenvalue weighted by Crippen LogP contribution is -2.00. The van der Waals surface area contributed by atoms with Gasteiger partial charge in [0.15, 0.2) is 5.69 Å². The third kappa shape index (κ3) is 4.41. The molecule has 0 fully saturated rings. The average molecular weight is 377 g/mol. The summed E-state index contributed by atoms with van der Waals surface area (Å²) in [6.07, 6.45) is 1.42. The van der Waals surface area contributed by atoms with Crippen molar-refractivity contribution in [1.82, 2.24) is 15.0 Å². The van der Waals surface area contributed by atoms with Crippen molar-refractivity contribution in [3.8, 4) is 11.8 Å². The van der Waals surface area contributed by atoms with Crippen LogP contribution in [0.1, 0.15) is 21.6 Å². The predicted octanol–water partition coefficient (Wildman–Crippen LogP) is 2.38. The molecule has 10 nitrogen and oxygen atoms in total. The number of benzene rings is 2. The molecule has 1 aromatic heterocycles. The molecule has 0 saturated carbocycles. The molecule has 10 heteroatoms. The average Bonchev–Trinajstić information content (AvgIpc) is 3.15. The van der Waals surface area contributed by atoms with Gasteiger partial charge in [-0.05, 0) is 23.6 Å². The zero-order valence-corrected chi connectivity index (χ0v) is 14.2. The van der Waals surface area contributed by atoms with Gasteiger partial charge in [-0.3, -0.25) is 25.0 Å². The molecule has 0 amide bonds. The van der Waals surface area contributed by atoms with Gasteiger partial charge in [0.25, 0.3) is 17.2 Å². The maximum absolute atomic E-state index is 12.1.